The van der Waals surface area contributed by atoms with Crippen LogP contribution in [0.25, 0.3) is 22.0 Å². The van der Waals surface area contributed by atoms with Crippen molar-refractivity contribution < 1.29 is 21.6 Å². The van der Waals surface area contributed by atoms with Crippen LogP contribution in [0.2, 0.25) is 0 Å². The van der Waals surface area contributed by atoms with E-state index in [2.05, 4.69) is 16.4 Å². The van der Waals surface area contributed by atoms with Crippen LogP contribution < -0.4 is 11.1 Å². The number of aromatic amines is 1. The molecule has 3 aromatic rings. The smallest absolute Gasteiger partial charge is 0.250 e. The number of primary amides is 1. The first kappa shape index (κ1) is 28.3. The molecule has 1 aromatic heterocycles. The van der Waals surface area contributed by atoms with Gasteiger partial charge in [0.2, 0.25) is 10.0 Å². The molecule has 38 heavy (non-hydrogen) atoms. The molecule has 206 valence electrons. The highest BCUT2D eigenvalue weighted by Gasteiger charge is 2.29. The Balaban J connectivity index is 1.60. The van der Waals surface area contributed by atoms with E-state index in [1.807, 2.05) is 37.4 Å². The average molecular weight is 561 g/mol. The molecule has 1 fully saturated rings. The molecule has 0 aliphatic carbocycles. The number of thiol groups is 1. The molecular formula is C27H36N4O5S2. The van der Waals surface area contributed by atoms with E-state index >= 15 is 0 Å². The van der Waals surface area contributed by atoms with Gasteiger partial charge in [0, 0.05) is 31.2 Å². The fourth-order valence-electron chi connectivity index (χ4n) is 5.19. The largest absolute Gasteiger partial charge is 0.366 e. The Labute approximate surface area is 225 Å². The molecule has 0 radical (unpaired) electrons. The summed E-state index contributed by atoms with van der Waals surface area (Å²) in [7, 11) is -5.75. The van der Waals surface area contributed by atoms with Gasteiger partial charge in [-0.15, -0.1) is 0 Å². The summed E-state index contributed by atoms with van der Waals surface area (Å²) in [5, 5.41) is 3.47. The lowest BCUT2D eigenvalue weighted by molar-refractivity contribution is 0.100. The molecule has 0 bridgehead atoms. The molecule has 1 aliphatic rings. The minimum Gasteiger partial charge on any atom is -0.366 e. The Bertz CT molecular complexity index is 1460. The van der Waals surface area contributed by atoms with Crippen LogP contribution in [-0.2, 0) is 27.3 Å². The lowest BCUT2D eigenvalue weighted by Crippen LogP contribution is -2.38. The summed E-state index contributed by atoms with van der Waals surface area (Å²) in [5.74, 6) is -0.258. The zero-order valence-corrected chi connectivity index (χ0v) is 23.5. The highest BCUT2D eigenvalue weighted by Crippen LogP contribution is 2.37. The van der Waals surface area contributed by atoms with Gasteiger partial charge in [0.15, 0.2) is 10.7 Å². The van der Waals surface area contributed by atoms with Gasteiger partial charge in [0.05, 0.1) is 16.8 Å². The number of nitrogens with one attached hydrogen (secondary N) is 2. The number of sulfonamides is 1. The van der Waals surface area contributed by atoms with Crippen LogP contribution in [0.15, 0.2) is 42.6 Å². The van der Waals surface area contributed by atoms with Gasteiger partial charge < -0.3 is 10.7 Å². The summed E-state index contributed by atoms with van der Waals surface area (Å²) in [4.78, 5) is 15.6. The van der Waals surface area contributed by atoms with Crippen molar-refractivity contribution in [1.82, 2.24) is 14.6 Å². The molecule has 4 rings (SSSR count). The summed E-state index contributed by atoms with van der Waals surface area (Å²) in [6.45, 7) is 5.01. The first-order chi connectivity index (χ1) is 18.1. The Morgan fingerprint density at radius 1 is 1.13 bits per heavy atom. The van der Waals surface area contributed by atoms with Crippen molar-refractivity contribution in [2.24, 2.45) is 5.73 Å². The molecule has 0 spiro atoms. The SMILES string of the molecule is CCCC(NCc1ccc(-c2cc(C(N)=O)c3[nH]cc(C4CCN(S(=O)(=O)CC)CC4)c3c2)cc1)[SH](=O)=O. The van der Waals surface area contributed by atoms with Crippen molar-refractivity contribution >= 4 is 37.5 Å². The first-order valence-corrected chi connectivity index (χ1v) is 15.9. The van der Waals surface area contributed by atoms with Crippen LogP contribution in [0.3, 0.4) is 0 Å². The van der Waals surface area contributed by atoms with Gasteiger partial charge in [-0.05, 0) is 66.5 Å². The topological polar surface area (TPSA) is 142 Å². The van der Waals surface area contributed by atoms with Crippen molar-refractivity contribution in [3.63, 3.8) is 0 Å². The number of benzene rings is 2. The molecular weight excluding hydrogens is 524 g/mol. The van der Waals surface area contributed by atoms with Crippen LogP contribution in [-0.4, -0.2) is 56.2 Å². The normalized spacial score (nSPS) is 16.3. The second-order valence-electron chi connectivity index (χ2n) is 9.80. The van der Waals surface area contributed by atoms with Gasteiger partial charge in [-0.3, -0.25) is 10.1 Å². The van der Waals surface area contributed by atoms with Gasteiger partial charge in [0.1, 0.15) is 5.37 Å². The highest BCUT2D eigenvalue weighted by molar-refractivity contribution is 7.89. The third-order valence-corrected chi connectivity index (χ3v) is 10.2. The van der Waals surface area contributed by atoms with Crippen molar-refractivity contribution in [2.45, 2.75) is 57.4 Å². The molecule has 1 atom stereocenters. The van der Waals surface area contributed by atoms with Crippen molar-refractivity contribution in [1.29, 1.82) is 0 Å². The maximum absolute atomic E-state index is 12.4. The molecule has 1 amide bonds. The maximum Gasteiger partial charge on any atom is 0.250 e. The number of piperidine rings is 1. The van der Waals surface area contributed by atoms with Crippen LogP contribution >= 0.6 is 0 Å². The summed E-state index contributed by atoms with van der Waals surface area (Å²) < 4.78 is 49.0. The molecule has 4 N–H and O–H groups in total. The third-order valence-electron chi connectivity index (χ3n) is 7.38. The van der Waals surface area contributed by atoms with E-state index in [0.29, 0.717) is 50.0 Å². The van der Waals surface area contributed by atoms with Crippen LogP contribution in [0.4, 0.5) is 0 Å². The minimum absolute atomic E-state index is 0.100. The number of nitrogens with two attached hydrogens (primary N) is 1. The van der Waals surface area contributed by atoms with Gasteiger partial charge in [0.25, 0.3) is 5.91 Å². The molecule has 2 aromatic carbocycles. The quantitative estimate of drug-likeness (QED) is 0.265. The molecule has 0 saturated carbocycles. The second kappa shape index (κ2) is 12.0. The molecule has 2 heterocycles. The van der Waals surface area contributed by atoms with Gasteiger partial charge in [-0.2, -0.15) is 0 Å². The number of aromatic nitrogens is 1. The number of carbonyl (C=O) groups is 1. The average Bonchev–Trinajstić information content (AvgIpc) is 3.34. The van der Waals surface area contributed by atoms with Crippen molar-refractivity contribution in [3.05, 3.63) is 59.3 Å². The molecule has 1 saturated heterocycles. The van der Waals surface area contributed by atoms with Crippen LogP contribution in [0.1, 0.15) is 66.9 Å². The number of amides is 1. The number of fused-ring (bicyclic) bond motifs is 1. The van der Waals surface area contributed by atoms with E-state index in [4.69, 9.17) is 5.73 Å². The lowest BCUT2D eigenvalue weighted by Gasteiger charge is -2.31. The highest BCUT2D eigenvalue weighted by atomic mass is 32.2. The summed E-state index contributed by atoms with van der Waals surface area (Å²) in [6.07, 6.45) is 4.68. The maximum atomic E-state index is 12.4. The standard InChI is InChI=1S/C27H36N4O5S2/c1-3-5-25(37(33)34)29-16-18-6-8-19(9-7-18)21-14-22-24(17-30-26(22)23(15-21)27(28)32)20-10-12-31(13-11-20)38(35,36)4-2/h6-9,14-15,17,20,25,29-30,37H,3-5,10-13,16H2,1-2H3,(H2,28,32). The summed E-state index contributed by atoms with van der Waals surface area (Å²) >= 11 is 0. The van der Waals surface area contributed by atoms with E-state index in [9.17, 15) is 21.6 Å². The fraction of sp³-hybridized carbons (Fsp3) is 0.444. The third kappa shape index (κ3) is 6.12. The van der Waals surface area contributed by atoms with E-state index in [1.54, 1.807) is 17.3 Å². The number of rotatable bonds is 11. The zero-order valence-electron chi connectivity index (χ0n) is 21.8. The number of hydrogen-bond acceptors (Lipinski definition) is 6. The fourth-order valence-corrected chi connectivity index (χ4v) is 7.03. The Morgan fingerprint density at radius 3 is 2.39 bits per heavy atom. The predicted molar refractivity (Wildman–Crippen MR) is 151 cm³/mol. The monoisotopic (exact) mass is 560 g/mol. The van der Waals surface area contributed by atoms with Crippen molar-refractivity contribution in [3.8, 4) is 11.1 Å². The Morgan fingerprint density at radius 2 is 1.82 bits per heavy atom. The Kier molecular flexibility index (Phi) is 8.92. The van der Waals surface area contributed by atoms with E-state index in [-0.39, 0.29) is 11.7 Å². The first-order valence-electron chi connectivity index (χ1n) is 13.0. The number of hydrogen-bond donors (Lipinski definition) is 4. The summed E-state index contributed by atoms with van der Waals surface area (Å²) in [5.41, 5.74) is 10.6. The minimum atomic E-state index is -3.21. The van der Waals surface area contributed by atoms with Gasteiger partial charge in [-0.25, -0.2) is 21.1 Å². The number of carbonyl (C=O) groups excluding carboxylic acids is 1. The van der Waals surface area contributed by atoms with E-state index in [0.717, 1.165) is 34.1 Å². The lowest BCUT2D eigenvalue weighted by atomic mass is 9.88. The molecule has 1 unspecified atom stereocenters. The number of nitrogens with zero attached hydrogens (tertiary/aromatic N) is 1. The van der Waals surface area contributed by atoms with Gasteiger partial charge in [-0.1, -0.05) is 37.6 Å². The number of H-pyrrole nitrogens is 1. The van der Waals surface area contributed by atoms with E-state index < -0.39 is 32.0 Å². The van der Waals surface area contributed by atoms with Crippen LogP contribution in [0, 0.1) is 0 Å². The van der Waals surface area contributed by atoms with Crippen LogP contribution in [0.5, 0.6) is 0 Å². The predicted octanol–water partition coefficient (Wildman–Crippen LogP) is 3.29. The molecule has 11 heteroatoms. The second-order valence-corrected chi connectivity index (χ2v) is 13.2. The van der Waals surface area contributed by atoms with E-state index in [1.165, 1.54) is 0 Å². The zero-order chi connectivity index (χ0) is 27.4. The Hall–Kier alpha value is -2.73. The molecule has 9 nitrogen and oxygen atoms in total. The van der Waals surface area contributed by atoms with Crippen molar-refractivity contribution in [2.75, 3.05) is 18.8 Å². The summed E-state index contributed by atoms with van der Waals surface area (Å²) in [6, 6.07) is 11.6. The molecule has 1 aliphatic heterocycles. The van der Waals surface area contributed by atoms with Gasteiger partial charge >= 0.3 is 0 Å².